The first-order valence-electron chi connectivity index (χ1n) is 8.34. The lowest BCUT2D eigenvalue weighted by Gasteiger charge is -2.40. The maximum atomic E-state index is 13.1. The molecule has 1 amide bonds. The first kappa shape index (κ1) is 15.0. The molecule has 2 heterocycles. The normalized spacial score (nSPS) is 18.9. The summed E-state index contributed by atoms with van der Waals surface area (Å²) in [7, 11) is 2.11. The van der Waals surface area contributed by atoms with Crippen LogP contribution in [0.25, 0.3) is 10.9 Å². The molecule has 0 radical (unpaired) electrons. The molecule has 1 N–H and O–H groups in total. The number of piperazine rings is 1. The number of likely N-dealkylation sites (N-methyl/N-ethyl adjacent to an activating group) is 1. The standard InChI is InChI=1S/C20H21N3O/c1-22-11-12-23(19(14-22)15-7-3-2-4-8-15)20(24)18-13-16-9-5-6-10-17(16)21-18/h2-10,13,19,21H,11-12,14H2,1H3/t19-/m0/s1. The molecule has 4 nitrogen and oxygen atoms in total. The number of hydrogen-bond acceptors (Lipinski definition) is 2. The van der Waals surface area contributed by atoms with Crippen molar-refractivity contribution >= 4 is 16.8 Å². The number of rotatable bonds is 2. The van der Waals surface area contributed by atoms with Crippen LogP contribution < -0.4 is 0 Å². The first-order chi connectivity index (χ1) is 11.7. The Morgan fingerprint density at radius 2 is 1.79 bits per heavy atom. The molecule has 0 bridgehead atoms. The van der Waals surface area contributed by atoms with Gasteiger partial charge in [-0.25, -0.2) is 0 Å². The van der Waals surface area contributed by atoms with Gasteiger partial charge in [-0.2, -0.15) is 0 Å². The van der Waals surface area contributed by atoms with Gasteiger partial charge in [0.25, 0.3) is 5.91 Å². The Morgan fingerprint density at radius 1 is 1.04 bits per heavy atom. The van der Waals surface area contributed by atoms with E-state index in [1.807, 2.05) is 53.4 Å². The smallest absolute Gasteiger partial charge is 0.270 e. The average molecular weight is 319 g/mol. The van der Waals surface area contributed by atoms with Gasteiger partial charge in [0.05, 0.1) is 6.04 Å². The maximum Gasteiger partial charge on any atom is 0.270 e. The number of H-pyrrole nitrogens is 1. The van der Waals surface area contributed by atoms with Gasteiger partial charge in [-0.15, -0.1) is 0 Å². The van der Waals surface area contributed by atoms with E-state index in [9.17, 15) is 4.79 Å². The summed E-state index contributed by atoms with van der Waals surface area (Å²) in [5.41, 5.74) is 2.86. The zero-order valence-electron chi connectivity index (χ0n) is 13.8. The molecule has 1 aliphatic heterocycles. The van der Waals surface area contributed by atoms with Crippen LogP contribution in [0.3, 0.4) is 0 Å². The maximum absolute atomic E-state index is 13.1. The SMILES string of the molecule is CN1CCN(C(=O)c2cc3ccccc3[nH]2)[C@H](c2ccccc2)C1. The Labute approximate surface area is 141 Å². The summed E-state index contributed by atoms with van der Waals surface area (Å²) in [6.07, 6.45) is 0. The van der Waals surface area contributed by atoms with E-state index in [2.05, 4.69) is 29.1 Å². The average Bonchev–Trinajstić information content (AvgIpc) is 3.06. The minimum absolute atomic E-state index is 0.0770. The van der Waals surface area contributed by atoms with Crippen LogP contribution in [0.2, 0.25) is 0 Å². The molecule has 24 heavy (non-hydrogen) atoms. The quantitative estimate of drug-likeness (QED) is 0.787. The Bertz CT molecular complexity index is 822. The van der Waals surface area contributed by atoms with Crippen LogP contribution in [-0.2, 0) is 0 Å². The van der Waals surface area contributed by atoms with Gasteiger partial charge in [-0.3, -0.25) is 4.79 Å². The van der Waals surface area contributed by atoms with Gasteiger partial charge in [-0.05, 0) is 24.7 Å². The van der Waals surface area contributed by atoms with E-state index in [0.29, 0.717) is 5.69 Å². The van der Waals surface area contributed by atoms with Gasteiger partial charge in [0.1, 0.15) is 5.69 Å². The van der Waals surface area contributed by atoms with Gasteiger partial charge in [0.2, 0.25) is 0 Å². The zero-order chi connectivity index (χ0) is 16.5. The predicted molar refractivity (Wildman–Crippen MR) is 96.0 cm³/mol. The van der Waals surface area contributed by atoms with Crippen LogP contribution in [0.4, 0.5) is 0 Å². The second-order valence-corrected chi connectivity index (χ2v) is 6.46. The number of nitrogens with one attached hydrogen (secondary N) is 1. The predicted octanol–water partition coefficient (Wildman–Crippen LogP) is 3.30. The molecule has 4 heteroatoms. The molecule has 0 spiro atoms. The number of aromatic nitrogens is 1. The highest BCUT2D eigenvalue weighted by Crippen LogP contribution is 2.27. The van der Waals surface area contributed by atoms with Crippen LogP contribution in [0.1, 0.15) is 22.1 Å². The van der Waals surface area contributed by atoms with E-state index in [1.54, 1.807) is 0 Å². The van der Waals surface area contributed by atoms with Crippen molar-refractivity contribution in [3.63, 3.8) is 0 Å². The summed E-state index contributed by atoms with van der Waals surface area (Å²) in [6.45, 7) is 2.50. The van der Waals surface area contributed by atoms with Gasteiger partial charge >= 0.3 is 0 Å². The molecule has 4 rings (SSSR count). The highest BCUT2D eigenvalue weighted by atomic mass is 16.2. The largest absolute Gasteiger partial charge is 0.351 e. The summed E-state index contributed by atoms with van der Waals surface area (Å²) in [6, 6.07) is 20.4. The molecule has 0 aliphatic carbocycles. The van der Waals surface area contributed by atoms with Crippen molar-refractivity contribution < 1.29 is 4.79 Å². The number of fused-ring (bicyclic) bond motifs is 1. The van der Waals surface area contributed by atoms with Crippen LogP contribution in [0.15, 0.2) is 60.7 Å². The van der Waals surface area contributed by atoms with Crippen LogP contribution in [0.5, 0.6) is 0 Å². The molecule has 1 fully saturated rings. The number of nitrogens with zero attached hydrogens (tertiary/aromatic N) is 2. The van der Waals surface area contributed by atoms with Crippen molar-refractivity contribution in [3.8, 4) is 0 Å². The lowest BCUT2D eigenvalue weighted by atomic mass is 10.0. The summed E-state index contributed by atoms with van der Waals surface area (Å²) in [4.78, 5) is 20.7. The highest BCUT2D eigenvalue weighted by Gasteiger charge is 2.31. The summed E-state index contributed by atoms with van der Waals surface area (Å²) in [5.74, 6) is 0.0770. The van der Waals surface area contributed by atoms with Gasteiger partial charge in [-0.1, -0.05) is 48.5 Å². The molecule has 1 aromatic heterocycles. The van der Waals surface area contributed by atoms with E-state index in [-0.39, 0.29) is 11.9 Å². The second-order valence-electron chi connectivity index (χ2n) is 6.46. The second kappa shape index (κ2) is 6.13. The molecule has 0 saturated carbocycles. The van der Waals surface area contributed by atoms with Crippen molar-refractivity contribution in [2.24, 2.45) is 0 Å². The van der Waals surface area contributed by atoms with Gasteiger partial charge < -0.3 is 14.8 Å². The van der Waals surface area contributed by atoms with Gasteiger partial charge in [0.15, 0.2) is 0 Å². The Morgan fingerprint density at radius 3 is 2.58 bits per heavy atom. The van der Waals surface area contributed by atoms with E-state index >= 15 is 0 Å². The van der Waals surface area contributed by atoms with Crippen molar-refractivity contribution in [3.05, 3.63) is 71.9 Å². The van der Waals surface area contributed by atoms with Crippen molar-refractivity contribution in [1.29, 1.82) is 0 Å². The Hall–Kier alpha value is -2.59. The zero-order valence-corrected chi connectivity index (χ0v) is 13.8. The van der Waals surface area contributed by atoms with Crippen LogP contribution in [0, 0.1) is 0 Å². The number of carbonyl (C=O) groups is 1. The molecular formula is C20H21N3O. The Kier molecular flexibility index (Phi) is 3.82. The number of aromatic amines is 1. The molecule has 2 aromatic carbocycles. The summed E-state index contributed by atoms with van der Waals surface area (Å²) < 4.78 is 0. The lowest BCUT2D eigenvalue weighted by Crippen LogP contribution is -2.49. The number of hydrogen-bond donors (Lipinski definition) is 1. The fraction of sp³-hybridized carbons (Fsp3) is 0.250. The number of amides is 1. The van der Waals surface area contributed by atoms with Crippen molar-refractivity contribution in [2.45, 2.75) is 6.04 Å². The molecule has 1 aliphatic rings. The van der Waals surface area contributed by atoms with Crippen LogP contribution in [-0.4, -0.2) is 47.4 Å². The topological polar surface area (TPSA) is 39.3 Å². The molecule has 0 unspecified atom stereocenters. The third-order valence-corrected chi connectivity index (χ3v) is 4.79. The Balaban J connectivity index is 1.68. The molecular weight excluding hydrogens is 298 g/mol. The fourth-order valence-corrected chi connectivity index (χ4v) is 3.47. The van der Waals surface area contributed by atoms with Gasteiger partial charge in [0, 0.05) is 30.5 Å². The minimum Gasteiger partial charge on any atom is -0.351 e. The number of para-hydroxylation sites is 1. The highest BCUT2D eigenvalue weighted by molar-refractivity contribution is 5.98. The van der Waals surface area contributed by atoms with E-state index in [1.165, 1.54) is 5.56 Å². The molecule has 1 atom stereocenters. The van der Waals surface area contributed by atoms with E-state index < -0.39 is 0 Å². The molecule has 3 aromatic rings. The van der Waals surface area contributed by atoms with Crippen molar-refractivity contribution in [1.82, 2.24) is 14.8 Å². The third-order valence-electron chi connectivity index (χ3n) is 4.79. The monoisotopic (exact) mass is 319 g/mol. The summed E-state index contributed by atoms with van der Waals surface area (Å²) >= 11 is 0. The first-order valence-corrected chi connectivity index (χ1v) is 8.34. The molecule has 122 valence electrons. The minimum atomic E-state index is 0.0770. The number of benzene rings is 2. The third kappa shape index (κ3) is 2.69. The fourth-order valence-electron chi connectivity index (χ4n) is 3.47. The van der Waals surface area contributed by atoms with Crippen molar-refractivity contribution in [2.75, 3.05) is 26.7 Å². The lowest BCUT2D eigenvalue weighted by molar-refractivity contribution is 0.0493. The van der Waals surface area contributed by atoms with E-state index in [0.717, 1.165) is 30.5 Å². The summed E-state index contributed by atoms with van der Waals surface area (Å²) in [5, 5.41) is 1.08. The van der Waals surface area contributed by atoms with E-state index in [4.69, 9.17) is 0 Å². The number of carbonyl (C=O) groups excluding carboxylic acids is 1. The molecule has 1 saturated heterocycles. The van der Waals surface area contributed by atoms with Crippen LogP contribution >= 0.6 is 0 Å².